The second-order valence-electron chi connectivity index (χ2n) is 4.06. The maximum absolute atomic E-state index is 11.6. The van der Waals surface area contributed by atoms with Crippen LogP contribution in [0.2, 0.25) is 0 Å². The maximum Gasteiger partial charge on any atom is 0.138 e. The van der Waals surface area contributed by atoms with Gasteiger partial charge in [-0.15, -0.1) is 0 Å². The third-order valence-corrected chi connectivity index (χ3v) is 2.34. The normalized spacial score (nSPS) is 10.3. The Bertz CT molecular complexity index is 324. The summed E-state index contributed by atoms with van der Waals surface area (Å²) in [6.45, 7) is 4.90. The summed E-state index contributed by atoms with van der Waals surface area (Å²) in [5, 5.41) is 2.99. The van der Waals surface area contributed by atoms with E-state index in [9.17, 15) is 4.79 Å². The quantitative estimate of drug-likeness (QED) is 0.797. The topological polar surface area (TPSA) is 29.1 Å². The van der Waals surface area contributed by atoms with E-state index >= 15 is 0 Å². The lowest BCUT2D eigenvalue weighted by atomic mass is 10.0. The fraction of sp³-hybridized carbons (Fsp3) is 0.462. The number of benzene rings is 1. The van der Waals surface area contributed by atoms with Crippen LogP contribution in [0.1, 0.15) is 23.1 Å². The Kier molecular flexibility index (Phi) is 4.50. The van der Waals surface area contributed by atoms with Gasteiger partial charge in [-0.3, -0.25) is 4.79 Å². The van der Waals surface area contributed by atoms with E-state index in [1.807, 2.05) is 7.05 Å². The number of rotatable bonds is 5. The molecule has 0 unspecified atom stereocenters. The zero-order valence-electron chi connectivity index (χ0n) is 9.76. The van der Waals surface area contributed by atoms with Crippen LogP contribution < -0.4 is 5.32 Å². The number of hydrogen-bond donors (Lipinski definition) is 1. The molecule has 1 aromatic rings. The third kappa shape index (κ3) is 4.26. The van der Waals surface area contributed by atoms with Crippen LogP contribution in [0.5, 0.6) is 0 Å². The highest BCUT2D eigenvalue weighted by Gasteiger charge is 2.03. The number of Topliss-reactive ketones (excluding diaryl/α,β-unsaturated/α-hetero) is 1. The zero-order valence-corrected chi connectivity index (χ0v) is 9.76. The van der Waals surface area contributed by atoms with Crippen LogP contribution in [0.15, 0.2) is 18.2 Å². The molecule has 2 heteroatoms. The van der Waals surface area contributed by atoms with Gasteiger partial charge < -0.3 is 5.32 Å². The summed E-state index contributed by atoms with van der Waals surface area (Å²) in [5.74, 6) is 0.300. The minimum absolute atomic E-state index is 0.300. The summed E-state index contributed by atoms with van der Waals surface area (Å²) in [6, 6.07) is 6.30. The first kappa shape index (κ1) is 11.9. The Morgan fingerprint density at radius 1 is 1.20 bits per heavy atom. The van der Waals surface area contributed by atoms with Gasteiger partial charge in [0.15, 0.2) is 0 Å². The summed E-state index contributed by atoms with van der Waals surface area (Å²) in [5.41, 5.74) is 3.59. The van der Waals surface area contributed by atoms with Crippen molar-refractivity contribution in [1.29, 1.82) is 0 Å². The molecular formula is C13H19NO. The SMILES string of the molecule is CNCCC(=O)Cc1cc(C)cc(C)c1. The predicted molar refractivity (Wildman–Crippen MR) is 63.2 cm³/mol. The minimum Gasteiger partial charge on any atom is -0.319 e. The molecule has 1 rings (SSSR count). The summed E-state index contributed by atoms with van der Waals surface area (Å²) in [4.78, 5) is 11.6. The summed E-state index contributed by atoms with van der Waals surface area (Å²) in [7, 11) is 1.87. The van der Waals surface area contributed by atoms with Crippen molar-refractivity contribution in [2.75, 3.05) is 13.6 Å². The van der Waals surface area contributed by atoms with Crippen LogP contribution in [0.3, 0.4) is 0 Å². The fourth-order valence-electron chi connectivity index (χ4n) is 1.75. The van der Waals surface area contributed by atoms with Crippen molar-refractivity contribution in [2.24, 2.45) is 0 Å². The molecule has 0 fully saturated rings. The lowest BCUT2D eigenvalue weighted by Crippen LogP contribution is -2.14. The Morgan fingerprint density at radius 3 is 2.33 bits per heavy atom. The van der Waals surface area contributed by atoms with Crippen molar-refractivity contribution in [3.05, 3.63) is 34.9 Å². The molecule has 0 saturated carbocycles. The highest BCUT2D eigenvalue weighted by atomic mass is 16.1. The molecule has 15 heavy (non-hydrogen) atoms. The van der Waals surface area contributed by atoms with Crippen molar-refractivity contribution in [3.8, 4) is 0 Å². The molecule has 1 N–H and O–H groups in total. The lowest BCUT2D eigenvalue weighted by Gasteiger charge is -2.04. The molecule has 0 atom stereocenters. The van der Waals surface area contributed by atoms with Crippen LogP contribution in [0, 0.1) is 13.8 Å². The van der Waals surface area contributed by atoms with Crippen molar-refractivity contribution in [2.45, 2.75) is 26.7 Å². The Morgan fingerprint density at radius 2 is 1.80 bits per heavy atom. The van der Waals surface area contributed by atoms with E-state index in [4.69, 9.17) is 0 Å². The van der Waals surface area contributed by atoms with Gasteiger partial charge in [-0.05, 0) is 26.5 Å². The van der Waals surface area contributed by atoms with Crippen LogP contribution in [0.25, 0.3) is 0 Å². The molecule has 0 radical (unpaired) electrons. The Hall–Kier alpha value is -1.15. The standard InChI is InChI=1S/C13H19NO/c1-10-6-11(2)8-12(7-10)9-13(15)4-5-14-3/h6-8,14H,4-5,9H2,1-3H3. The molecule has 1 aromatic carbocycles. The molecule has 0 spiro atoms. The number of ketones is 1. The van der Waals surface area contributed by atoms with Crippen LogP contribution in [-0.2, 0) is 11.2 Å². The lowest BCUT2D eigenvalue weighted by molar-refractivity contribution is -0.118. The molecule has 0 saturated heterocycles. The van der Waals surface area contributed by atoms with Gasteiger partial charge in [0.05, 0.1) is 0 Å². The number of carbonyl (C=O) groups excluding carboxylic acids is 1. The predicted octanol–water partition coefficient (Wildman–Crippen LogP) is 2.02. The molecule has 2 nitrogen and oxygen atoms in total. The minimum atomic E-state index is 0.300. The second-order valence-corrected chi connectivity index (χ2v) is 4.06. The first-order chi connectivity index (χ1) is 7.11. The second kappa shape index (κ2) is 5.66. The zero-order chi connectivity index (χ0) is 11.3. The summed E-state index contributed by atoms with van der Waals surface area (Å²) in [6.07, 6.45) is 1.17. The van der Waals surface area contributed by atoms with Gasteiger partial charge in [-0.1, -0.05) is 29.3 Å². The number of aryl methyl sites for hydroxylation is 2. The fourth-order valence-corrected chi connectivity index (χ4v) is 1.75. The largest absolute Gasteiger partial charge is 0.319 e. The molecule has 0 heterocycles. The van der Waals surface area contributed by atoms with E-state index in [0.717, 1.165) is 12.1 Å². The Labute approximate surface area is 91.7 Å². The van der Waals surface area contributed by atoms with Gasteiger partial charge in [-0.2, -0.15) is 0 Å². The van der Waals surface area contributed by atoms with Crippen LogP contribution in [0.4, 0.5) is 0 Å². The summed E-state index contributed by atoms with van der Waals surface area (Å²) < 4.78 is 0. The van der Waals surface area contributed by atoms with E-state index < -0.39 is 0 Å². The van der Waals surface area contributed by atoms with E-state index in [1.54, 1.807) is 0 Å². The van der Waals surface area contributed by atoms with Gasteiger partial charge >= 0.3 is 0 Å². The average Bonchev–Trinajstić information content (AvgIpc) is 2.13. The molecular weight excluding hydrogens is 186 g/mol. The molecule has 0 bridgehead atoms. The molecule has 0 aliphatic carbocycles. The molecule has 0 aliphatic heterocycles. The van der Waals surface area contributed by atoms with E-state index in [1.165, 1.54) is 11.1 Å². The number of nitrogens with one attached hydrogen (secondary N) is 1. The molecule has 0 aromatic heterocycles. The third-order valence-electron chi connectivity index (χ3n) is 2.34. The Balaban J connectivity index is 2.60. The maximum atomic E-state index is 11.6. The van der Waals surface area contributed by atoms with Gasteiger partial charge in [-0.25, -0.2) is 0 Å². The first-order valence-electron chi connectivity index (χ1n) is 5.35. The van der Waals surface area contributed by atoms with E-state index in [2.05, 4.69) is 37.4 Å². The summed E-state index contributed by atoms with van der Waals surface area (Å²) >= 11 is 0. The van der Waals surface area contributed by atoms with E-state index in [0.29, 0.717) is 18.6 Å². The van der Waals surface area contributed by atoms with Crippen molar-refractivity contribution in [1.82, 2.24) is 5.32 Å². The van der Waals surface area contributed by atoms with Gasteiger partial charge in [0.2, 0.25) is 0 Å². The average molecular weight is 205 g/mol. The van der Waals surface area contributed by atoms with Gasteiger partial charge in [0.25, 0.3) is 0 Å². The number of carbonyl (C=O) groups is 1. The van der Waals surface area contributed by atoms with Crippen molar-refractivity contribution >= 4 is 5.78 Å². The van der Waals surface area contributed by atoms with Crippen LogP contribution in [-0.4, -0.2) is 19.4 Å². The highest BCUT2D eigenvalue weighted by Crippen LogP contribution is 2.10. The van der Waals surface area contributed by atoms with Gasteiger partial charge in [0, 0.05) is 19.4 Å². The highest BCUT2D eigenvalue weighted by molar-refractivity contribution is 5.81. The monoisotopic (exact) mass is 205 g/mol. The smallest absolute Gasteiger partial charge is 0.138 e. The number of hydrogen-bond acceptors (Lipinski definition) is 2. The molecule has 0 amide bonds. The molecule has 82 valence electrons. The van der Waals surface area contributed by atoms with Crippen molar-refractivity contribution in [3.63, 3.8) is 0 Å². The first-order valence-corrected chi connectivity index (χ1v) is 5.35. The van der Waals surface area contributed by atoms with Crippen LogP contribution >= 0.6 is 0 Å². The molecule has 0 aliphatic rings. The van der Waals surface area contributed by atoms with E-state index in [-0.39, 0.29) is 0 Å². The van der Waals surface area contributed by atoms with Crippen molar-refractivity contribution < 1.29 is 4.79 Å². The van der Waals surface area contributed by atoms with Gasteiger partial charge in [0.1, 0.15) is 5.78 Å².